The van der Waals surface area contributed by atoms with Gasteiger partial charge in [0, 0.05) is 41.4 Å². The van der Waals surface area contributed by atoms with E-state index in [9.17, 15) is 9.59 Å². The topological polar surface area (TPSA) is 108 Å². The highest BCUT2D eigenvalue weighted by Gasteiger charge is 2.24. The molecule has 4 aromatic rings. The summed E-state index contributed by atoms with van der Waals surface area (Å²) in [5, 5.41) is 8.03. The standard InChI is InChI=1S/C29H30N4O4/c1-17-22-4-2-3-5-24(22)33-25(17)15-30-20-7-9-21(10-8-20)32-29(35)23-12-19(14-31-28(23)34)18-6-11-26-27(13-18)37-16-36-26/h2-6,11-14,20-21,30,33H,7-10,15-16H2,1H3,(H,31,34)(H,32,35). The van der Waals surface area contributed by atoms with Gasteiger partial charge in [-0.3, -0.25) is 9.59 Å². The van der Waals surface area contributed by atoms with Crippen LogP contribution in [0.1, 0.15) is 47.3 Å². The van der Waals surface area contributed by atoms with Crippen LogP contribution in [0.15, 0.2) is 59.5 Å². The van der Waals surface area contributed by atoms with Crippen molar-refractivity contribution in [3.8, 4) is 22.6 Å². The van der Waals surface area contributed by atoms with Gasteiger partial charge in [0.05, 0.1) is 0 Å². The van der Waals surface area contributed by atoms with Crippen molar-refractivity contribution in [1.82, 2.24) is 20.6 Å². The first-order chi connectivity index (χ1) is 18.0. The van der Waals surface area contributed by atoms with E-state index in [2.05, 4.69) is 45.7 Å². The van der Waals surface area contributed by atoms with Gasteiger partial charge in [0.25, 0.3) is 11.5 Å². The molecule has 3 heterocycles. The number of aryl methyl sites for hydroxylation is 1. The van der Waals surface area contributed by atoms with E-state index in [1.165, 1.54) is 22.2 Å². The molecule has 0 atom stereocenters. The Morgan fingerprint density at radius 2 is 1.76 bits per heavy atom. The minimum Gasteiger partial charge on any atom is -0.454 e. The summed E-state index contributed by atoms with van der Waals surface area (Å²) in [6.45, 7) is 3.15. The van der Waals surface area contributed by atoms with Crippen LogP contribution in [0, 0.1) is 6.92 Å². The molecule has 2 aliphatic rings. The van der Waals surface area contributed by atoms with Crippen LogP contribution in [-0.2, 0) is 6.54 Å². The Morgan fingerprint density at radius 1 is 0.973 bits per heavy atom. The molecule has 0 spiro atoms. The number of amides is 1. The lowest BCUT2D eigenvalue weighted by Gasteiger charge is -2.29. The molecule has 1 aliphatic heterocycles. The third-order valence-electron chi connectivity index (χ3n) is 7.55. The monoisotopic (exact) mass is 498 g/mol. The predicted molar refractivity (Wildman–Crippen MR) is 142 cm³/mol. The number of H-pyrrole nitrogens is 2. The fourth-order valence-electron chi connectivity index (χ4n) is 5.36. The van der Waals surface area contributed by atoms with E-state index in [1.54, 1.807) is 12.3 Å². The normalized spacial score (nSPS) is 18.7. The maximum Gasteiger partial charge on any atom is 0.260 e. The molecule has 1 saturated carbocycles. The van der Waals surface area contributed by atoms with Crippen LogP contribution in [0.5, 0.6) is 11.5 Å². The van der Waals surface area contributed by atoms with Crippen molar-refractivity contribution in [1.29, 1.82) is 0 Å². The zero-order valence-corrected chi connectivity index (χ0v) is 20.7. The Kier molecular flexibility index (Phi) is 6.18. The largest absolute Gasteiger partial charge is 0.454 e. The van der Waals surface area contributed by atoms with Gasteiger partial charge in [0.2, 0.25) is 6.79 Å². The molecular weight excluding hydrogens is 468 g/mol. The second-order valence-corrected chi connectivity index (χ2v) is 9.88. The van der Waals surface area contributed by atoms with Crippen molar-refractivity contribution < 1.29 is 14.3 Å². The number of aromatic amines is 2. The van der Waals surface area contributed by atoms with Crippen molar-refractivity contribution >= 4 is 16.8 Å². The van der Waals surface area contributed by atoms with Gasteiger partial charge >= 0.3 is 0 Å². The summed E-state index contributed by atoms with van der Waals surface area (Å²) in [4.78, 5) is 31.7. The lowest BCUT2D eigenvalue weighted by molar-refractivity contribution is 0.0922. The molecule has 0 unspecified atom stereocenters. The van der Waals surface area contributed by atoms with Crippen LogP contribution in [-0.4, -0.2) is 34.8 Å². The summed E-state index contributed by atoms with van der Waals surface area (Å²) >= 11 is 0. The van der Waals surface area contributed by atoms with Gasteiger partial charge in [-0.05, 0) is 73.6 Å². The Bertz CT molecular complexity index is 1510. The Hall–Kier alpha value is -4.04. The number of carbonyl (C=O) groups excluding carboxylic acids is 1. The highest BCUT2D eigenvalue weighted by Crippen LogP contribution is 2.35. The molecule has 2 aromatic heterocycles. The Labute approximate surface area is 214 Å². The number of hydrogen-bond donors (Lipinski definition) is 4. The van der Waals surface area contributed by atoms with Gasteiger partial charge in [-0.2, -0.15) is 0 Å². The summed E-state index contributed by atoms with van der Waals surface area (Å²) in [6, 6.07) is 16.0. The minimum atomic E-state index is -0.397. The van der Waals surface area contributed by atoms with Crippen LogP contribution < -0.4 is 25.7 Å². The molecule has 0 saturated heterocycles. The van der Waals surface area contributed by atoms with E-state index in [0.717, 1.165) is 43.4 Å². The van der Waals surface area contributed by atoms with Crippen LogP contribution in [0.4, 0.5) is 0 Å². The number of carbonyl (C=O) groups is 1. The molecule has 0 radical (unpaired) electrons. The number of benzene rings is 2. The summed E-state index contributed by atoms with van der Waals surface area (Å²) in [5.74, 6) is 1.00. The van der Waals surface area contributed by atoms with Crippen molar-refractivity contribution in [2.24, 2.45) is 0 Å². The molecule has 0 bridgehead atoms. The maximum absolute atomic E-state index is 13.0. The number of pyridine rings is 1. The second kappa shape index (κ2) is 9.78. The molecule has 8 heteroatoms. The Morgan fingerprint density at radius 3 is 2.59 bits per heavy atom. The zero-order valence-electron chi connectivity index (χ0n) is 20.7. The number of fused-ring (bicyclic) bond motifs is 2. The van der Waals surface area contributed by atoms with Crippen LogP contribution in [0.2, 0.25) is 0 Å². The van der Waals surface area contributed by atoms with Gasteiger partial charge < -0.3 is 30.1 Å². The number of ether oxygens (including phenoxy) is 2. The number of hydrogen-bond acceptors (Lipinski definition) is 5. The summed E-state index contributed by atoms with van der Waals surface area (Å²) < 4.78 is 10.8. The predicted octanol–water partition coefficient (Wildman–Crippen LogP) is 4.39. The SMILES string of the molecule is Cc1c(CNC2CCC(NC(=O)c3cc(-c4ccc5c(c4)OCO5)c[nH]c3=O)CC2)[nH]c2ccccc12. The first-order valence-corrected chi connectivity index (χ1v) is 12.8. The highest BCUT2D eigenvalue weighted by atomic mass is 16.7. The van der Waals surface area contributed by atoms with Crippen LogP contribution >= 0.6 is 0 Å². The highest BCUT2D eigenvalue weighted by molar-refractivity contribution is 5.95. The fraction of sp³-hybridized carbons (Fsp3) is 0.310. The van der Waals surface area contributed by atoms with Gasteiger partial charge in [-0.15, -0.1) is 0 Å². The summed E-state index contributed by atoms with van der Waals surface area (Å²) in [6.07, 6.45) is 5.29. The third kappa shape index (κ3) is 4.72. The third-order valence-corrected chi connectivity index (χ3v) is 7.55. The van der Waals surface area contributed by atoms with Crippen LogP contribution in [0.25, 0.3) is 22.0 Å². The second-order valence-electron chi connectivity index (χ2n) is 9.88. The maximum atomic E-state index is 13.0. The lowest BCUT2D eigenvalue weighted by Crippen LogP contribution is -2.43. The number of nitrogens with one attached hydrogen (secondary N) is 4. The molecule has 37 heavy (non-hydrogen) atoms. The molecular formula is C29H30N4O4. The van der Waals surface area contributed by atoms with Gasteiger partial charge in [0.1, 0.15) is 5.56 Å². The molecule has 8 nitrogen and oxygen atoms in total. The number of aromatic nitrogens is 2. The first kappa shape index (κ1) is 23.4. The molecule has 1 amide bonds. The average Bonchev–Trinajstić information content (AvgIpc) is 3.52. The van der Waals surface area contributed by atoms with E-state index in [-0.39, 0.29) is 24.3 Å². The lowest BCUT2D eigenvalue weighted by atomic mass is 9.91. The van der Waals surface area contributed by atoms with Gasteiger partial charge in [-0.1, -0.05) is 24.3 Å². The van der Waals surface area contributed by atoms with Crippen molar-refractivity contribution in [2.45, 2.75) is 51.2 Å². The molecule has 2 aromatic carbocycles. The quantitative estimate of drug-likeness (QED) is 0.315. The minimum absolute atomic E-state index is 0.0500. The van der Waals surface area contributed by atoms with E-state index >= 15 is 0 Å². The molecule has 4 N–H and O–H groups in total. The average molecular weight is 499 g/mol. The number of para-hydroxylation sites is 1. The summed E-state index contributed by atoms with van der Waals surface area (Å²) in [5.41, 5.74) is 4.97. The fourth-order valence-corrected chi connectivity index (χ4v) is 5.36. The van der Waals surface area contributed by atoms with E-state index in [0.29, 0.717) is 17.5 Å². The number of rotatable bonds is 6. The van der Waals surface area contributed by atoms with E-state index < -0.39 is 5.56 Å². The van der Waals surface area contributed by atoms with Gasteiger partial charge in [0.15, 0.2) is 11.5 Å². The molecule has 1 aliphatic carbocycles. The molecule has 1 fully saturated rings. The van der Waals surface area contributed by atoms with Gasteiger partial charge in [-0.25, -0.2) is 0 Å². The zero-order chi connectivity index (χ0) is 25.4. The van der Waals surface area contributed by atoms with Crippen molar-refractivity contribution in [2.75, 3.05) is 6.79 Å². The summed E-state index contributed by atoms with van der Waals surface area (Å²) in [7, 11) is 0. The molecule has 190 valence electrons. The van der Waals surface area contributed by atoms with Crippen molar-refractivity contribution in [3.05, 3.63) is 81.9 Å². The first-order valence-electron chi connectivity index (χ1n) is 12.8. The van der Waals surface area contributed by atoms with Crippen LogP contribution in [0.3, 0.4) is 0 Å². The van der Waals surface area contributed by atoms with E-state index in [1.807, 2.05) is 24.3 Å². The van der Waals surface area contributed by atoms with Crippen molar-refractivity contribution in [3.63, 3.8) is 0 Å². The Balaban J connectivity index is 1.05. The smallest absolute Gasteiger partial charge is 0.260 e. The van der Waals surface area contributed by atoms with E-state index in [4.69, 9.17) is 9.47 Å². The molecule has 6 rings (SSSR count).